The van der Waals surface area contributed by atoms with Crippen LogP contribution in [0.3, 0.4) is 0 Å². The van der Waals surface area contributed by atoms with E-state index in [2.05, 4.69) is 10.6 Å². The molecular weight excluding hydrogens is 402 g/mol. The Morgan fingerprint density at radius 2 is 1.50 bits per heavy atom. The van der Waals surface area contributed by atoms with E-state index in [1.807, 2.05) is 20.8 Å². The number of carbonyl (C=O) groups excluding carboxylic acids is 2. The van der Waals surface area contributed by atoms with Gasteiger partial charge < -0.3 is 10.6 Å². The summed E-state index contributed by atoms with van der Waals surface area (Å²) in [6, 6.07) is 12.7. The number of nitrogens with one attached hydrogen (secondary N) is 2. The number of hydrogen-bond acceptors (Lipinski definition) is 4. The van der Waals surface area contributed by atoms with Gasteiger partial charge in [-0.1, -0.05) is 40.7 Å². The number of anilines is 2. The Kier molecular flexibility index (Phi) is 7.39. The molecule has 0 fully saturated rings. The Bertz CT molecular complexity index is 1010. The highest BCUT2D eigenvalue weighted by Crippen LogP contribution is 2.21. The summed E-state index contributed by atoms with van der Waals surface area (Å²) in [4.78, 5) is 24.9. The Morgan fingerprint density at radius 3 is 2.03 bits per heavy atom. The van der Waals surface area contributed by atoms with Gasteiger partial charge in [0.2, 0.25) is 15.9 Å². The molecule has 0 radical (unpaired) electrons. The third-order valence-corrected chi connectivity index (χ3v) is 6.58. The lowest BCUT2D eigenvalue weighted by Gasteiger charge is -2.18. The van der Waals surface area contributed by atoms with Gasteiger partial charge in [-0.05, 0) is 42.5 Å². The lowest BCUT2D eigenvalue weighted by atomic mass is 9.95. The first-order chi connectivity index (χ1) is 14.0. The molecule has 7 nitrogen and oxygen atoms in total. The van der Waals surface area contributed by atoms with Gasteiger partial charge in [0.25, 0.3) is 5.91 Å². The smallest absolute Gasteiger partial charge is 0.255 e. The molecule has 0 saturated heterocycles. The predicted octanol–water partition coefficient (Wildman–Crippen LogP) is 3.95. The molecule has 2 aromatic carbocycles. The van der Waals surface area contributed by atoms with E-state index >= 15 is 0 Å². The average molecular weight is 432 g/mol. The van der Waals surface area contributed by atoms with Crippen LogP contribution < -0.4 is 10.6 Å². The average Bonchev–Trinajstić information content (AvgIpc) is 2.68. The number of carbonyl (C=O) groups is 2. The SMILES string of the molecule is CCN(CC)S(=O)(=O)c1ccc(NC(=O)c2cccc(NC(=O)C(C)(C)C)c2)cc1. The van der Waals surface area contributed by atoms with Gasteiger partial charge in [0.1, 0.15) is 0 Å². The fraction of sp³-hybridized carbons (Fsp3) is 0.364. The minimum Gasteiger partial charge on any atom is -0.326 e. The van der Waals surface area contributed by atoms with Gasteiger partial charge in [-0.3, -0.25) is 9.59 Å². The molecular formula is C22H29N3O4S. The second-order valence-electron chi connectivity index (χ2n) is 7.85. The minimum absolute atomic E-state index is 0.148. The Labute approximate surface area is 178 Å². The van der Waals surface area contributed by atoms with E-state index in [9.17, 15) is 18.0 Å². The van der Waals surface area contributed by atoms with Gasteiger partial charge in [-0.2, -0.15) is 4.31 Å². The summed E-state index contributed by atoms with van der Waals surface area (Å²) < 4.78 is 26.5. The van der Waals surface area contributed by atoms with Crippen LogP contribution in [0, 0.1) is 5.41 Å². The zero-order valence-electron chi connectivity index (χ0n) is 18.0. The summed E-state index contributed by atoms with van der Waals surface area (Å²) in [6.45, 7) is 9.77. The summed E-state index contributed by atoms with van der Waals surface area (Å²) in [5.74, 6) is -0.508. The molecule has 0 aliphatic heterocycles. The third-order valence-electron chi connectivity index (χ3n) is 4.52. The number of nitrogens with zero attached hydrogens (tertiary/aromatic N) is 1. The molecule has 0 aromatic heterocycles. The molecule has 0 atom stereocenters. The first-order valence-electron chi connectivity index (χ1n) is 9.82. The van der Waals surface area contributed by atoms with Gasteiger partial charge in [-0.25, -0.2) is 8.42 Å². The fourth-order valence-corrected chi connectivity index (χ4v) is 4.14. The van der Waals surface area contributed by atoms with Crippen molar-refractivity contribution in [2.45, 2.75) is 39.5 Å². The van der Waals surface area contributed by atoms with Crippen LogP contribution in [0.5, 0.6) is 0 Å². The zero-order valence-corrected chi connectivity index (χ0v) is 18.8. The molecule has 162 valence electrons. The van der Waals surface area contributed by atoms with Crippen molar-refractivity contribution < 1.29 is 18.0 Å². The van der Waals surface area contributed by atoms with E-state index in [1.54, 1.807) is 50.2 Å². The Hall–Kier alpha value is -2.71. The molecule has 0 aliphatic carbocycles. The zero-order chi connectivity index (χ0) is 22.5. The van der Waals surface area contributed by atoms with Crippen molar-refractivity contribution in [3.05, 3.63) is 54.1 Å². The molecule has 0 bridgehead atoms. The first kappa shape index (κ1) is 23.6. The lowest BCUT2D eigenvalue weighted by molar-refractivity contribution is -0.123. The summed E-state index contributed by atoms with van der Waals surface area (Å²) in [6.07, 6.45) is 0. The van der Waals surface area contributed by atoms with Crippen LogP contribution in [0.2, 0.25) is 0 Å². The van der Waals surface area contributed by atoms with Crippen molar-refractivity contribution in [3.63, 3.8) is 0 Å². The molecule has 2 aromatic rings. The standard InChI is InChI=1S/C22H29N3O4S/c1-6-25(7-2)30(28,29)19-13-11-17(12-14-19)23-20(26)16-9-8-10-18(15-16)24-21(27)22(3,4)5/h8-15H,6-7H2,1-5H3,(H,23,26)(H,24,27). The van der Waals surface area contributed by atoms with Crippen molar-refractivity contribution >= 4 is 33.2 Å². The molecule has 0 unspecified atom stereocenters. The molecule has 8 heteroatoms. The van der Waals surface area contributed by atoms with E-state index in [-0.39, 0.29) is 16.7 Å². The van der Waals surface area contributed by atoms with Crippen LogP contribution in [0.15, 0.2) is 53.4 Å². The Morgan fingerprint density at radius 1 is 0.900 bits per heavy atom. The highest BCUT2D eigenvalue weighted by Gasteiger charge is 2.22. The molecule has 30 heavy (non-hydrogen) atoms. The maximum Gasteiger partial charge on any atom is 0.255 e. The van der Waals surface area contributed by atoms with Crippen molar-refractivity contribution in [2.24, 2.45) is 5.41 Å². The van der Waals surface area contributed by atoms with Gasteiger partial charge >= 0.3 is 0 Å². The summed E-state index contributed by atoms with van der Waals surface area (Å²) in [5, 5.41) is 5.54. The number of amides is 2. The number of hydrogen-bond donors (Lipinski definition) is 2. The third kappa shape index (κ3) is 5.67. The molecule has 2 N–H and O–H groups in total. The molecule has 0 aliphatic rings. The fourth-order valence-electron chi connectivity index (χ4n) is 2.68. The summed E-state index contributed by atoms with van der Waals surface area (Å²) in [7, 11) is -3.55. The van der Waals surface area contributed by atoms with Crippen molar-refractivity contribution in [1.82, 2.24) is 4.31 Å². The van der Waals surface area contributed by atoms with Crippen LogP contribution in [-0.4, -0.2) is 37.6 Å². The van der Waals surface area contributed by atoms with Crippen LogP contribution >= 0.6 is 0 Å². The summed E-state index contributed by atoms with van der Waals surface area (Å²) >= 11 is 0. The topological polar surface area (TPSA) is 95.6 Å². The van der Waals surface area contributed by atoms with E-state index in [0.29, 0.717) is 30.0 Å². The van der Waals surface area contributed by atoms with Gasteiger partial charge in [-0.15, -0.1) is 0 Å². The van der Waals surface area contributed by atoms with Crippen molar-refractivity contribution in [1.29, 1.82) is 0 Å². The van der Waals surface area contributed by atoms with Crippen LogP contribution in [-0.2, 0) is 14.8 Å². The number of benzene rings is 2. The highest BCUT2D eigenvalue weighted by atomic mass is 32.2. The molecule has 0 saturated carbocycles. The van der Waals surface area contributed by atoms with Crippen LogP contribution in [0.4, 0.5) is 11.4 Å². The number of sulfonamides is 1. The van der Waals surface area contributed by atoms with Crippen LogP contribution in [0.25, 0.3) is 0 Å². The highest BCUT2D eigenvalue weighted by molar-refractivity contribution is 7.89. The molecule has 2 amide bonds. The van der Waals surface area contributed by atoms with E-state index in [1.165, 1.54) is 16.4 Å². The maximum atomic E-state index is 12.6. The van der Waals surface area contributed by atoms with Gasteiger partial charge in [0, 0.05) is 35.4 Å². The normalized spacial score (nSPS) is 11.9. The maximum absolute atomic E-state index is 12.6. The lowest BCUT2D eigenvalue weighted by Crippen LogP contribution is -2.30. The molecule has 0 heterocycles. The largest absolute Gasteiger partial charge is 0.326 e. The quantitative estimate of drug-likeness (QED) is 0.694. The van der Waals surface area contributed by atoms with E-state index < -0.39 is 15.4 Å². The van der Waals surface area contributed by atoms with Crippen LogP contribution in [0.1, 0.15) is 45.0 Å². The monoisotopic (exact) mass is 431 g/mol. The second kappa shape index (κ2) is 9.40. The molecule has 2 rings (SSSR count). The minimum atomic E-state index is -3.55. The van der Waals surface area contributed by atoms with E-state index in [0.717, 1.165) is 0 Å². The Balaban J connectivity index is 2.13. The molecule has 0 spiro atoms. The number of rotatable bonds is 7. The first-order valence-corrected chi connectivity index (χ1v) is 11.3. The van der Waals surface area contributed by atoms with Gasteiger partial charge in [0.15, 0.2) is 0 Å². The second-order valence-corrected chi connectivity index (χ2v) is 9.79. The predicted molar refractivity (Wildman–Crippen MR) is 119 cm³/mol. The van der Waals surface area contributed by atoms with Gasteiger partial charge in [0.05, 0.1) is 4.90 Å². The van der Waals surface area contributed by atoms with Crippen molar-refractivity contribution in [3.8, 4) is 0 Å². The van der Waals surface area contributed by atoms with Crippen molar-refractivity contribution in [2.75, 3.05) is 23.7 Å². The summed E-state index contributed by atoms with van der Waals surface area (Å²) in [5.41, 5.74) is 0.832. The van der Waals surface area contributed by atoms with E-state index in [4.69, 9.17) is 0 Å².